The molecule has 1 saturated heterocycles. The van der Waals surface area contributed by atoms with E-state index in [1.54, 1.807) is 0 Å². The molecule has 1 aliphatic heterocycles. The van der Waals surface area contributed by atoms with Crippen LogP contribution in [0, 0.1) is 5.92 Å². The van der Waals surface area contributed by atoms with Gasteiger partial charge in [-0.05, 0) is 12.3 Å². The highest BCUT2D eigenvalue weighted by molar-refractivity contribution is 5.84. The van der Waals surface area contributed by atoms with Gasteiger partial charge in [-0.25, -0.2) is 0 Å². The Morgan fingerprint density at radius 1 is 1.62 bits per heavy atom. The van der Waals surface area contributed by atoms with Gasteiger partial charge in [-0.1, -0.05) is 13.8 Å². The Balaban J connectivity index is 2.65. The molecule has 0 aromatic rings. The van der Waals surface area contributed by atoms with Gasteiger partial charge in [0.25, 0.3) is 0 Å². The van der Waals surface area contributed by atoms with Crippen LogP contribution in [0.4, 0.5) is 0 Å². The summed E-state index contributed by atoms with van der Waals surface area (Å²) in [7, 11) is 0. The number of carbonyl (C=O) groups is 1. The highest BCUT2D eigenvalue weighted by atomic mass is 16.5. The minimum absolute atomic E-state index is 0.0613. The van der Waals surface area contributed by atoms with Gasteiger partial charge < -0.3 is 16.2 Å². The molecule has 2 atom stereocenters. The fourth-order valence-corrected chi connectivity index (χ4v) is 1.56. The number of ether oxygens (including phenoxy) is 1. The van der Waals surface area contributed by atoms with Crippen LogP contribution in [0.25, 0.3) is 0 Å². The molecule has 0 spiro atoms. The Hall–Kier alpha value is -0.610. The summed E-state index contributed by atoms with van der Waals surface area (Å²) in [5, 5.41) is 0. The fourth-order valence-electron chi connectivity index (χ4n) is 1.56. The molecule has 1 heterocycles. The highest BCUT2D eigenvalue weighted by Crippen LogP contribution is 2.26. The molecule has 0 aliphatic carbocycles. The van der Waals surface area contributed by atoms with Crippen LogP contribution >= 0.6 is 0 Å². The quantitative estimate of drug-likeness (QED) is 0.637. The molecule has 2 unspecified atom stereocenters. The third kappa shape index (κ3) is 2.19. The lowest BCUT2D eigenvalue weighted by Gasteiger charge is -2.37. The second-order valence-corrected chi connectivity index (χ2v) is 4.13. The summed E-state index contributed by atoms with van der Waals surface area (Å²) in [5.41, 5.74) is 10.3. The number of rotatable bonds is 2. The Kier molecular flexibility index (Phi) is 2.93. The van der Waals surface area contributed by atoms with Crippen molar-refractivity contribution < 1.29 is 9.53 Å². The number of amides is 1. The van der Waals surface area contributed by atoms with E-state index in [-0.39, 0.29) is 6.10 Å². The van der Waals surface area contributed by atoms with Gasteiger partial charge in [0.05, 0.1) is 11.6 Å². The largest absolute Gasteiger partial charge is 0.378 e. The molecule has 4 N–H and O–H groups in total. The molecule has 76 valence electrons. The summed E-state index contributed by atoms with van der Waals surface area (Å²) in [6.07, 6.45) is 1.14. The van der Waals surface area contributed by atoms with Gasteiger partial charge in [-0.3, -0.25) is 4.79 Å². The zero-order chi connectivity index (χ0) is 10.1. The smallest absolute Gasteiger partial charge is 0.237 e. The first kappa shape index (κ1) is 10.5. The lowest BCUT2D eigenvalue weighted by atomic mass is 9.83. The summed E-state index contributed by atoms with van der Waals surface area (Å²) >= 11 is 0. The van der Waals surface area contributed by atoms with Crippen molar-refractivity contribution in [2.75, 3.05) is 6.61 Å². The Morgan fingerprint density at radius 3 is 2.69 bits per heavy atom. The minimum atomic E-state index is -0.854. The van der Waals surface area contributed by atoms with E-state index < -0.39 is 11.4 Å². The molecule has 1 aliphatic rings. The van der Waals surface area contributed by atoms with Crippen LogP contribution in [0.5, 0.6) is 0 Å². The molecule has 0 aromatic carbocycles. The van der Waals surface area contributed by atoms with Gasteiger partial charge in [-0.2, -0.15) is 0 Å². The van der Waals surface area contributed by atoms with Crippen LogP contribution in [0.2, 0.25) is 0 Å². The summed E-state index contributed by atoms with van der Waals surface area (Å²) < 4.78 is 5.50. The van der Waals surface area contributed by atoms with E-state index in [0.717, 1.165) is 0 Å². The van der Waals surface area contributed by atoms with Crippen LogP contribution in [0.1, 0.15) is 26.7 Å². The van der Waals surface area contributed by atoms with E-state index in [0.29, 0.717) is 25.4 Å². The first-order valence-corrected chi connectivity index (χ1v) is 4.66. The summed E-state index contributed by atoms with van der Waals surface area (Å²) in [5.74, 6) is -0.0379. The molecule has 1 amide bonds. The van der Waals surface area contributed by atoms with Gasteiger partial charge >= 0.3 is 0 Å². The average molecular weight is 186 g/mol. The maximum absolute atomic E-state index is 11.1. The van der Waals surface area contributed by atoms with Crippen molar-refractivity contribution >= 4 is 5.91 Å². The number of nitrogens with two attached hydrogens (primary N) is 2. The molecule has 1 rings (SSSR count). The molecular formula is C9H18N2O2. The lowest BCUT2D eigenvalue weighted by molar-refractivity contribution is -0.130. The molecule has 4 nitrogen and oxygen atoms in total. The van der Waals surface area contributed by atoms with Gasteiger partial charge in [0.1, 0.15) is 0 Å². The predicted octanol–water partition coefficient (Wildman–Crippen LogP) is 0.00420. The van der Waals surface area contributed by atoms with E-state index >= 15 is 0 Å². The first-order chi connectivity index (χ1) is 5.96. The SMILES string of the molecule is CC(C)C1CC(N)(C(N)=O)CCO1. The Morgan fingerprint density at radius 2 is 2.23 bits per heavy atom. The molecule has 1 fully saturated rings. The predicted molar refractivity (Wildman–Crippen MR) is 49.9 cm³/mol. The Labute approximate surface area is 78.6 Å². The summed E-state index contributed by atoms with van der Waals surface area (Å²) in [6, 6.07) is 0. The minimum Gasteiger partial charge on any atom is -0.378 e. The Bertz CT molecular complexity index is 206. The number of primary amides is 1. The van der Waals surface area contributed by atoms with Gasteiger partial charge in [0.15, 0.2) is 0 Å². The summed E-state index contributed by atoms with van der Waals surface area (Å²) in [4.78, 5) is 11.1. The molecule has 13 heavy (non-hydrogen) atoms. The standard InChI is InChI=1S/C9H18N2O2/c1-6(2)7-5-9(11,8(10)12)3-4-13-7/h6-7H,3-5,11H2,1-2H3,(H2,10,12). The van der Waals surface area contributed by atoms with Crippen molar-refractivity contribution in [3.63, 3.8) is 0 Å². The van der Waals surface area contributed by atoms with E-state index in [2.05, 4.69) is 13.8 Å². The fraction of sp³-hybridized carbons (Fsp3) is 0.889. The van der Waals surface area contributed by atoms with Crippen LogP contribution in [-0.4, -0.2) is 24.2 Å². The van der Waals surface area contributed by atoms with Crippen LogP contribution in [0.15, 0.2) is 0 Å². The zero-order valence-electron chi connectivity index (χ0n) is 8.25. The molecule has 0 radical (unpaired) electrons. The third-order valence-electron chi connectivity index (χ3n) is 2.68. The first-order valence-electron chi connectivity index (χ1n) is 4.66. The second kappa shape index (κ2) is 3.64. The van der Waals surface area contributed by atoms with E-state index in [1.807, 2.05) is 0 Å². The molecule has 0 bridgehead atoms. The molecular weight excluding hydrogens is 168 g/mol. The molecule has 0 aromatic heterocycles. The van der Waals surface area contributed by atoms with Crippen molar-refractivity contribution in [1.82, 2.24) is 0 Å². The van der Waals surface area contributed by atoms with Gasteiger partial charge in [0.2, 0.25) is 5.91 Å². The maximum atomic E-state index is 11.1. The monoisotopic (exact) mass is 186 g/mol. The van der Waals surface area contributed by atoms with Crippen LogP contribution in [-0.2, 0) is 9.53 Å². The molecule has 4 heteroatoms. The topological polar surface area (TPSA) is 78.3 Å². The van der Waals surface area contributed by atoms with E-state index in [1.165, 1.54) is 0 Å². The number of hydrogen-bond acceptors (Lipinski definition) is 3. The van der Waals surface area contributed by atoms with Crippen molar-refractivity contribution in [1.29, 1.82) is 0 Å². The molecule has 0 saturated carbocycles. The average Bonchev–Trinajstić information content (AvgIpc) is 2.04. The highest BCUT2D eigenvalue weighted by Gasteiger charge is 2.39. The van der Waals surface area contributed by atoms with E-state index in [9.17, 15) is 4.79 Å². The second-order valence-electron chi connectivity index (χ2n) is 4.13. The van der Waals surface area contributed by atoms with Gasteiger partial charge in [0, 0.05) is 13.0 Å². The summed E-state index contributed by atoms with van der Waals surface area (Å²) in [6.45, 7) is 4.64. The number of hydrogen-bond donors (Lipinski definition) is 2. The van der Waals surface area contributed by atoms with Crippen molar-refractivity contribution in [3.8, 4) is 0 Å². The van der Waals surface area contributed by atoms with Crippen molar-refractivity contribution in [2.24, 2.45) is 17.4 Å². The van der Waals surface area contributed by atoms with Crippen LogP contribution < -0.4 is 11.5 Å². The van der Waals surface area contributed by atoms with Crippen LogP contribution in [0.3, 0.4) is 0 Å². The van der Waals surface area contributed by atoms with Crippen molar-refractivity contribution in [2.45, 2.75) is 38.3 Å². The lowest BCUT2D eigenvalue weighted by Crippen LogP contribution is -2.57. The van der Waals surface area contributed by atoms with E-state index in [4.69, 9.17) is 16.2 Å². The zero-order valence-corrected chi connectivity index (χ0v) is 8.25. The van der Waals surface area contributed by atoms with Gasteiger partial charge in [-0.15, -0.1) is 0 Å². The third-order valence-corrected chi connectivity index (χ3v) is 2.68. The normalized spacial score (nSPS) is 34.9. The maximum Gasteiger partial charge on any atom is 0.237 e. The van der Waals surface area contributed by atoms with Crippen molar-refractivity contribution in [3.05, 3.63) is 0 Å². The number of carbonyl (C=O) groups excluding carboxylic acids is 1.